The van der Waals surface area contributed by atoms with Gasteiger partial charge in [0, 0.05) is 6.54 Å². The summed E-state index contributed by atoms with van der Waals surface area (Å²) in [4.78, 5) is 0. The molecule has 90 valence electrons. The van der Waals surface area contributed by atoms with Crippen LogP contribution >= 0.6 is 0 Å². The van der Waals surface area contributed by atoms with Gasteiger partial charge in [0.2, 0.25) is 0 Å². The molecule has 1 unspecified atom stereocenters. The van der Waals surface area contributed by atoms with Gasteiger partial charge in [-0.25, -0.2) is 0 Å². The fraction of sp³-hybridized carbons (Fsp3) is 1.00. The Morgan fingerprint density at radius 1 is 1.27 bits per heavy atom. The van der Waals surface area contributed by atoms with Crippen molar-refractivity contribution in [2.45, 2.75) is 52.4 Å². The Kier molecular flexibility index (Phi) is 5.62. The van der Waals surface area contributed by atoms with Gasteiger partial charge in [0.1, 0.15) is 0 Å². The van der Waals surface area contributed by atoms with Crippen LogP contribution in [0, 0.1) is 11.3 Å². The van der Waals surface area contributed by atoms with Crippen LogP contribution < -0.4 is 11.1 Å². The molecule has 1 saturated carbocycles. The van der Waals surface area contributed by atoms with Gasteiger partial charge in [0.25, 0.3) is 0 Å². The van der Waals surface area contributed by atoms with E-state index < -0.39 is 0 Å². The molecule has 0 aromatic rings. The van der Waals surface area contributed by atoms with E-state index >= 15 is 0 Å². The zero-order valence-corrected chi connectivity index (χ0v) is 10.5. The lowest BCUT2D eigenvalue weighted by atomic mass is 9.76. The van der Waals surface area contributed by atoms with Gasteiger partial charge in [0.15, 0.2) is 0 Å². The van der Waals surface area contributed by atoms with Crippen molar-refractivity contribution in [1.82, 2.24) is 5.32 Å². The SMILES string of the molecule is CC(CN)CCNCC1(C)CCCCC1. The van der Waals surface area contributed by atoms with Crippen molar-refractivity contribution in [1.29, 1.82) is 0 Å². The summed E-state index contributed by atoms with van der Waals surface area (Å²) in [5.41, 5.74) is 6.17. The first-order chi connectivity index (χ1) is 7.16. The number of nitrogens with one attached hydrogen (secondary N) is 1. The Bertz CT molecular complexity index is 162. The summed E-state index contributed by atoms with van der Waals surface area (Å²) in [6, 6.07) is 0. The quantitative estimate of drug-likeness (QED) is 0.664. The maximum absolute atomic E-state index is 5.60. The highest BCUT2D eigenvalue weighted by Crippen LogP contribution is 2.34. The van der Waals surface area contributed by atoms with E-state index in [0.717, 1.165) is 13.1 Å². The number of rotatable bonds is 6. The van der Waals surface area contributed by atoms with Crippen LogP contribution in [0.25, 0.3) is 0 Å². The summed E-state index contributed by atoms with van der Waals surface area (Å²) >= 11 is 0. The molecule has 1 rings (SSSR count). The third kappa shape index (κ3) is 4.98. The van der Waals surface area contributed by atoms with Crippen LogP contribution in [-0.4, -0.2) is 19.6 Å². The third-order valence-electron chi connectivity index (χ3n) is 3.83. The molecule has 1 aliphatic rings. The number of hydrogen-bond acceptors (Lipinski definition) is 2. The summed E-state index contributed by atoms with van der Waals surface area (Å²) in [6.45, 7) is 7.81. The molecule has 0 amide bonds. The minimum absolute atomic E-state index is 0.574. The summed E-state index contributed by atoms with van der Waals surface area (Å²) in [5, 5.41) is 3.61. The molecule has 2 heteroatoms. The van der Waals surface area contributed by atoms with Crippen LogP contribution in [0.3, 0.4) is 0 Å². The van der Waals surface area contributed by atoms with E-state index in [0.29, 0.717) is 11.3 Å². The third-order valence-corrected chi connectivity index (χ3v) is 3.83. The Morgan fingerprint density at radius 3 is 2.53 bits per heavy atom. The summed E-state index contributed by atoms with van der Waals surface area (Å²) < 4.78 is 0. The van der Waals surface area contributed by atoms with Crippen molar-refractivity contribution in [3.8, 4) is 0 Å². The molecular formula is C13H28N2. The number of nitrogens with two attached hydrogens (primary N) is 1. The molecule has 1 atom stereocenters. The zero-order chi connectivity index (χ0) is 11.1. The second kappa shape index (κ2) is 6.49. The van der Waals surface area contributed by atoms with E-state index in [-0.39, 0.29) is 0 Å². The lowest BCUT2D eigenvalue weighted by Crippen LogP contribution is -2.34. The highest BCUT2D eigenvalue weighted by Gasteiger charge is 2.25. The van der Waals surface area contributed by atoms with Gasteiger partial charge in [-0.15, -0.1) is 0 Å². The van der Waals surface area contributed by atoms with Crippen LogP contribution in [0.5, 0.6) is 0 Å². The molecule has 2 nitrogen and oxygen atoms in total. The van der Waals surface area contributed by atoms with Crippen LogP contribution in [0.15, 0.2) is 0 Å². The maximum atomic E-state index is 5.60. The predicted molar refractivity (Wildman–Crippen MR) is 66.9 cm³/mol. The van der Waals surface area contributed by atoms with Crippen molar-refractivity contribution < 1.29 is 0 Å². The Labute approximate surface area is 95.0 Å². The standard InChI is InChI=1S/C13H28N2/c1-12(10-14)6-9-15-11-13(2)7-4-3-5-8-13/h12,15H,3-11,14H2,1-2H3. The Balaban J connectivity index is 2.08. The lowest BCUT2D eigenvalue weighted by molar-refractivity contribution is 0.207. The molecule has 15 heavy (non-hydrogen) atoms. The van der Waals surface area contributed by atoms with Crippen molar-refractivity contribution in [2.24, 2.45) is 17.1 Å². The first-order valence-corrected chi connectivity index (χ1v) is 6.57. The lowest BCUT2D eigenvalue weighted by Gasteiger charge is -2.34. The average molecular weight is 212 g/mol. The predicted octanol–water partition coefficient (Wildman–Crippen LogP) is 2.53. The topological polar surface area (TPSA) is 38.0 Å². The van der Waals surface area contributed by atoms with Gasteiger partial charge in [-0.3, -0.25) is 0 Å². The molecule has 1 fully saturated rings. The van der Waals surface area contributed by atoms with E-state index in [1.54, 1.807) is 0 Å². The molecule has 0 aromatic heterocycles. The van der Waals surface area contributed by atoms with Gasteiger partial charge < -0.3 is 11.1 Å². The molecule has 0 heterocycles. The van der Waals surface area contributed by atoms with Crippen LogP contribution in [0.2, 0.25) is 0 Å². The highest BCUT2D eigenvalue weighted by atomic mass is 14.9. The molecule has 0 radical (unpaired) electrons. The monoisotopic (exact) mass is 212 g/mol. The van der Waals surface area contributed by atoms with Crippen molar-refractivity contribution in [2.75, 3.05) is 19.6 Å². The largest absolute Gasteiger partial charge is 0.330 e. The Hall–Kier alpha value is -0.0800. The van der Waals surface area contributed by atoms with Gasteiger partial charge >= 0.3 is 0 Å². The van der Waals surface area contributed by atoms with Crippen molar-refractivity contribution in [3.63, 3.8) is 0 Å². The number of hydrogen-bond donors (Lipinski definition) is 2. The molecule has 0 aromatic carbocycles. The van der Waals surface area contributed by atoms with E-state index in [1.807, 2.05) is 0 Å². The zero-order valence-electron chi connectivity index (χ0n) is 10.5. The maximum Gasteiger partial charge on any atom is 0.000516 e. The normalized spacial score (nSPS) is 22.6. The molecule has 0 aliphatic heterocycles. The second-order valence-corrected chi connectivity index (χ2v) is 5.68. The molecular weight excluding hydrogens is 184 g/mol. The molecule has 3 N–H and O–H groups in total. The Morgan fingerprint density at radius 2 is 1.93 bits per heavy atom. The van der Waals surface area contributed by atoms with Gasteiger partial charge in [-0.2, -0.15) is 0 Å². The van der Waals surface area contributed by atoms with Gasteiger partial charge in [0.05, 0.1) is 0 Å². The van der Waals surface area contributed by atoms with Crippen LogP contribution in [0.1, 0.15) is 52.4 Å². The fourth-order valence-corrected chi connectivity index (χ4v) is 2.44. The van der Waals surface area contributed by atoms with E-state index in [4.69, 9.17) is 5.73 Å². The summed E-state index contributed by atoms with van der Waals surface area (Å²) in [7, 11) is 0. The van der Waals surface area contributed by atoms with E-state index in [1.165, 1.54) is 45.1 Å². The molecule has 0 spiro atoms. The van der Waals surface area contributed by atoms with E-state index in [9.17, 15) is 0 Å². The molecule has 0 bridgehead atoms. The van der Waals surface area contributed by atoms with E-state index in [2.05, 4.69) is 19.2 Å². The van der Waals surface area contributed by atoms with Crippen LogP contribution in [0.4, 0.5) is 0 Å². The minimum atomic E-state index is 0.574. The fourth-order valence-electron chi connectivity index (χ4n) is 2.44. The van der Waals surface area contributed by atoms with Gasteiger partial charge in [-0.1, -0.05) is 33.1 Å². The minimum Gasteiger partial charge on any atom is -0.330 e. The second-order valence-electron chi connectivity index (χ2n) is 5.68. The highest BCUT2D eigenvalue weighted by molar-refractivity contribution is 4.80. The molecule has 1 aliphatic carbocycles. The van der Waals surface area contributed by atoms with Crippen LogP contribution in [-0.2, 0) is 0 Å². The first-order valence-electron chi connectivity index (χ1n) is 6.57. The molecule has 0 saturated heterocycles. The summed E-state index contributed by atoms with van der Waals surface area (Å²) in [5.74, 6) is 0.664. The summed E-state index contributed by atoms with van der Waals surface area (Å²) in [6.07, 6.45) is 8.33. The van der Waals surface area contributed by atoms with Crippen molar-refractivity contribution >= 4 is 0 Å². The smallest absolute Gasteiger partial charge is 0.000516 e. The average Bonchev–Trinajstić information content (AvgIpc) is 2.25. The first kappa shape index (κ1) is 13.0. The van der Waals surface area contributed by atoms with Crippen molar-refractivity contribution in [3.05, 3.63) is 0 Å². The van der Waals surface area contributed by atoms with Gasteiger partial charge in [-0.05, 0) is 43.7 Å².